The lowest BCUT2D eigenvalue weighted by molar-refractivity contribution is -0.131. The van der Waals surface area contributed by atoms with E-state index in [1.54, 1.807) is 22.0 Å². The lowest BCUT2D eigenvalue weighted by Gasteiger charge is -2.38. The fourth-order valence-corrected chi connectivity index (χ4v) is 3.47. The maximum Gasteiger partial charge on any atom is 0.276 e. The van der Waals surface area contributed by atoms with Crippen LogP contribution in [0.5, 0.6) is 0 Å². The fourth-order valence-electron chi connectivity index (χ4n) is 3.47. The largest absolute Gasteiger partial charge is 0.295 e. The molecule has 8 nitrogen and oxygen atoms in total. The minimum Gasteiger partial charge on any atom is -0.295 e. The van der Waals surface area contributed by atoms with E-state index in [2.05, 4.69) is 15.2 Å². The molecule has 1 fully saturated rings. The van der Waals surface area contributed by atoms with Crippen LogP contribution in [0.25, 0.3) is 16.9 Å². The van der Waals surface area contributed by atoms with Gasteiger partial charge in [-0.2, -0.15) is 10.4 Å². The number of alkyl halides is 2. The molecule has 4 rings (SSSR count). The standard InChI is InChI=1S/C18H19F2N7O/c1-11(2)14-15(24-16-12(5-21)6-23-27(16)17(14)28)13-7-22-26(8-13)4-3-25-9-18(19,20)10-25/h6-8,11,23H,3-4,9-10H2,1-2H3. The molecular formula is C18H19F2N7O. The first kappa shape index (κ1) is 18.3. The third-order valence-electron chi connectivity index (χ3n) is 4.86. The van der Waals surface area contributed by atoms with Crippen molar-refractivity contribution in [3.8, 4) is 17.3 Å². The Kier molecular flexibility index (Phi) is 4.27. The van der Waals surface area contributed by atoms with Crippen LogP contribution in [-0.2, 0) is 6.54 Å². The third-order valence-corrected chi connectivity index (χ3v) is 4.86. The van der Waals surface area contributed by atoms with Gasteiger partial charge in [0.25, 0.3) is 11.5 Å². The molecule has 0 aromatic carbocycles. The summed E-state index contributed by atoms with van der Waals surface area (Å²) in [7, 11) is 0. The quantitative estimate of drug-likeness (QED) is 0.721. The van der Waals surface area contributed by atoms with Crippen LogP contribution in [0.1, 0.15) is 30.9 Å². The minimum absolute atomic E-state index is 0.0904. The van der Waals surface area contributed by atoms with Crippen molar-refractivity contribution in [1.82, 2.24) is 29.3 Å². The zero-order valence-electron chi connectivity index (χ0n) is 15.5. The van der Waals surface area contributed by atoms with Crippen molar-refractivity contribution in [2.24, 2.45) is 0 Å². The van der Waals surface area contributed by atoms with E-state index in [9.17, 15) is 18.8 Å². The van der Waals surface area contributed by atoms with Crippen molar-refractivity contribution in [3.05, 3.63) is 40.1 Å². The van der Waals surface area contributed by atoms with Crippen molar-refractivity contribution < 1.29 is 8.78 Å². The molecule has 1 saturated heterocycles. The predicted molar refractivity (Wildman–Crippen MR) is 97.2 cm³/mol. The first-order valence-corrected chi connectivity index (χ1v) is 8.96. The van der Waals surface area contributed by atoms with Gasteiger partial charge < -0.3 is 0 Å². The van der Waals surface area contributed by atoms with E-state index in [0.29, 0.717) is 29.9 Å². The maximum absolute atomic E-state index is 12.9. The molecule has 0 atom stereocenters. The number of nitriles is 1. The molecule has 0 unspecified atom stereocenters. The van der Waals surface area contributed by atoms with Crippen molar-refractivity contribution in [2.45, 2.75) is 32.2 Å². The monoisotopic (exact) mass is 387 g/mol. The zero-order valence-corrected chi connectivity index (χ0v) is 15.5. The Morgan fingerprint density at radius 1 is 1.36 bits per heavy atom. The fraction of sp³-hybridized carbons (Fsp3) is 0.444. The highest BCUT2D eigenvalue weighted by molar-refractivity contribution is 5.67. The Morgan fingerprint density at radius 2 is 2.11 bits per heavy atom. The highest BCUT2D eigenvalue weighted by atomic mass is 19.3. The normalized spacial score (nSPS) is 16.4. The first-order chi connectivity index (χ1) is 13.3. The minimum atomic E-state index is -2.59. The summed E-state index contributed by atoms with van der Waals surface area (Å²) in [6.45, 7) is 4.28. The summed E-state index contributed by atoms with van der Waals surface area (Å²) in [4.78, 5) is 19.1. The van der Waals surface area contributed by atoms with Crippen molar-refractivity contribution in [2.75, 3.05) is 19.6 Å². The number of rotatable bonds is 5. The molecular weight excluding hydrogens is 368 g/mol. The number of nitrogens with zero attached hydrogens (tertiary/aromatic N) is 6. The second kappa shape index (κ2) is 6.53. The van der Waals surface area contributed by atoms with E-state index >= 15 is 0 Å². The van der Waals surface area contributed by atoms with Crippen LogP contribution in [0.3, 0.4) is 0 Å². The number of nitrogens with one attached hydrogen (secondary N) is 1. The molecule has 1 aliphatic rings. The Morgan fingerprint density at radius 3 is 2.75 bits per heavy atom. The van der Waals surface area contributed by atoms with Gasteiger partial charge in [0, 0.05) is 30.1 Å². The van der Waals surface area contributed by atoms with Gasteiger partial charge in [0.1, 0.15) is 11.6 Å². The molecule has 146 valence electrons. The maximum atomic E-state index is 12.9. The first-order valence-electron chi connectivity index (χ1n) is 8.96. The van der Waals surface area contributed by atoms with E-state index < -0.39 is 5.92 Å². The summed E-state index contributed by atoms with van der Waals surface area (Å²) in [5.74, 6) is -2.68. The van der Waals surface area contributed by atoms with Gasteiger partial charge in [-0.05, 0) is 5.92 Å². The summed E-state index contributed by atoms with van der Waals surface area (Å²) in [6, 6.07) is 2.02. The summed E-state index contributed by atoms with van der Waals surface area (Å²) in [6.07, 6.45) is 4.80. The van der Waals surface area contributed by atoms with Crippen LogP contribution < -0.4 is 5.56 Å². The van der Waals surface area contributed by atoms with Crippen LogP contribution >= 0.6 is 0 Å². The number of aromatic amines is 1. The van der Waals surface area contributed by atoms with Gasteiger partial charge in [0.2, 0.25) is 0 Å². The third kappa shape index (κ3) is 3.07. The number of fused-ring (bicyclic) bond motifs is 1. The molecule has 3 aromatic rings. The predicted octanol–water partition coefficient (Wildman–Crippen LogP) is 1.83. The van der Waals surface area contributed by atoms with Crippen LogP contribution in [0.4, 0.5) is 8.78 Å². The van der Waals surface area contributed by atoms with Gasteiger partial charge in [0.05, 0.1) is 31.5 Å². The lowest BCUT2D eigenvalue weighted by atomic mass is 10.00. The summed E-state index contributed by atoms with van der Waals surface area (Å²) < 4.78 is 28.8. The Labute approximate surface area is 159 Å². The molecule has 0 bridgehead atoms. The van der Waals surface area contributed by atoms with Gasteiger partial charge in [-0.25, -0.2) is 18.3 Å². The Bertz CT molecular complexity index is 1130. The van der Waals surface area contributed by atoms with E-state index in [0.717, 1.165) is 0 Å². The smallest absolute Gasteiger partial charge is 0.276 e. The van der Waals surface area contributed by atoms with E-state index in [1.807, 2.05) is 19.9 Å². The summed E-state index contributed by atoms with van der Waals surface area (Å²) in [5.41, 5.74) is 1.94. The molecule has 4 heterocycles. The van der Waals surface area contributed by atoms with Crippen molar-refractivity contribution in [1.29, 1.82) is 5.26 Å². The number of aromatic nitrogens is 5. The molecule has 3 aromatic heterocycles. The Balaban J connectivity index is 1.67. The van der Waals surface area contributed by atoms with E-state index in [1.165, 1.54) is 10.7 Å². The molecule has 0 radical (unpaired) electrons. The van der Waals surface area contributed by atoms with Gasteiger partial charge in [-0.3, -0.25) is 19.5 Å². The van der Waals surface area contributed by atoms with Crippen LogP contribution in [-0.4, -0.2) is 54.8 Å². The molecule has 0 aliphatic carbocycles. The molecule has 1 aliphatic heterocycles. The average molecular weight is 387 g/mol. The molecule has 10 heteroatoms. The van der Waals surface area contributed by atoms with Gasteiger partial charge in [-0.1, -0.05) is 13.8 Å². The van der Waals surface area contributed by atoms with E-state index in [-0.39, 0.29) is 35.8 Å². The molecule has 0 saturated carbocycles. The SMILES string of the molecule is CC(C)c1c(-c2cnn(CCN3CC(F)(F)C3)c2)nc2c(C#N)c[nH]n2c1=O. The Hall–Kier alpha value is -3.06. The van der Waals surface area contributed by atoms with Crippen LogP contribution in [0, 0.1) is 11.3 Å². The highest BCUT2D eigenvalue weighted by Gasteiger charge is 2.43. The number of hydrogen-bond acceptors (Lipinski definition) is 5. The van der Waals surface area contributed by atoms with Crippen LogP contribution in [0.2, 0.25) is 0 Å². The van der Waals surface area contributed by atoms with Crippen LogP contribution in [0.15, 0.2) is 23.4 Å². The molecule has 1 N–H and O–H groups in total. The zero-order chi connectivity index (χ0) is 20.1. The second-order valence-corrected chi connectivity index (χ2v) is 7.35. The number of hydrogen-bond donors (Lipinski definition) is 1. The topological polar surface area (TPSA) is 95.0 Å². The number of H-pyrrole nitrogens is 1. The van der Waals surface area contributed by atoms with Crippen molar-refractivity contribution in [3.63, 3.8) is 0 Å². The lowest BCUT2D eigenvalue weighted by Crippen LogP contribution is -2.56. The molecule has 0 spiro atoms. The molecule has 28 heavy (non-hydrogen) atoms. The summed E-state index contributed by atoms with van der Waals surface area (Å²) >= 11 is 0. The highest BCUT2D eigenvalue weighted by Crippen LogP contribution is 2.27. The van der Waals surface area contributed by atoms with Gasteiger partial charge in [0.15, 0.2) is 5.65 Å². The number of halogens is 2. The van der Waals surface area contributed by atoms with E-state index in [4.69, 9.17) is 0 Å². The second-order valence-electron chi connectivity index (χ2n) is 7.35. The molecule has 0 amide bonds. The number of likely N-dealkylation sites (tertiary alicyclic amines) is 1. The van der Waals surface area contributed by atoms with Gasteiger partial charge in [-0.15, -0.1) is 0 Å². The van der Waals surface area contributed by atoms with Gasteiger partial charge >= 0.3 is 0 Å². The summed E-state index contributed by atoms with van der Waals surface area (Å²) in [5, 5.41) is 16.3. The average Bonchev–Trinajstić information content (AvgIpc) is 3.24. The van der Waals surface area contributed by atoms with Crippen molar-refractivity contribution >= 4 is 5.65 Å².